The molecule has 0 aromatic heterocycles. The Kier molecular flexibility index (Phi) is 745. The summed E-state index contributed by atoms with van der Waals surface area (Å²) < 4.78 is 0. The van der Waals surface area contributed by atoms with Crippen LogP contribution in [0, 0.1) is 7.43 Å². The second-order valence-electron chi connectivity index (χ2n) is 0. The predicted octanol–water partition coefficient (Wildman–Crippen LogP) is -0.404. The molecule has 0 aromatic rings. The van der Waals surface area contributed by atoms with Crippen molar-refractivity contribution in [2.24, 2.45) is 0 Å². The topological polar surface area (TPSA) is 30.5 Å². The Morgan fingerprint density at radius 2 is 1.00 bits per heavy atom. The first-order chi connectivity index (χ1) is 0. The summed E-state index contributed by atoms with van der Waals surface area (Å²) in [4.78, 5) is 0. The fourth-order valence-corrected chi connectivity index (χ4v) is 0. The van der Waals surface area contributed by atoms with Crippen molar-refractivity contribution in [3.63, 3.8) is 0 Å². The van der Waals surface area contributed by atoms with Crippen LogP contribution in [0.5, 0.6) is 0 Å². The molecule has 0 saturated carbocycles. The van der Waals surface area contributed by atoms with Crippen LogP contribution < -0.4 is 6.15 Å². The molecule has 0 N–H and O–H groups in total. The average Bonchev–Trinajstić information content (AvgIpc) is 0. The average molecular weight is 137 g/mol. The van der Waals surface area contributed by atoms with E-state index >= 15 is 0 Å². The molecule has 0 spiro atoms. The molecule has 0 amide bonds. The Morgan fingerprint density at radius 1 is 1.00 bits per heavy atom. The Hall–Kier alpha value is 0.986. The summed E-state index contributed by atoms with van der Waals surface area (Å²) >= 11 is 0. The zero-order valence-corrected chi connectivity index (χ0v) is 3.93. The van der Waals surface area contributed by atoms with Gasteiger partial charge in [-0.05, 0) is 0 Å². The SMILES string of the molecule is [C].[Cr].[N].[Ni]. The Morgan fingerprint density at radius 3 is 1.00 bits per heavy atom. The van der Waals surface area contributed by atoms with Crippen LogP contribution >= 0.6 is 0 Å². The molecule has 1 nitrogen and oxygen atoms in total. The second-order valence-corrected chi connectivity index (χ2v) is 0. The first kappa shape index (κ1) is 81.5. The van der Waals surface area contributed by atoms with Gasteiger partial charge in [0.25, 0.3) is 0 Å². The summed E-state index contributed by atoms with van der Waals surface area (Å²) in [6.45, 7) is 0. The number of rotatable bonds is 0. The van der Waals surface area contributed by atoms with Crippen LogP contribution in [0.15, 0.2) is 0 Å². The van der Waals surface area contributed by atoms with Gasteiger partial charge in [-0.1, -0.05) is 0 Å². The molecule has 0 bridgehead atoms. The summed E-state index contributed by atoms with van der Waals surface area (Å²) in [5, 5.41) is 0. The van der Waals surface area contributed by atoms with Crippen LogP contribution in [0.25, 0.3) is 0 Å². The van der Waals surface area contributed by atoms with Crippen LogP contribution in [-0.2, 0) is 33.9 Å². The summed E-state index contributed by atoms with van der Waals surface area (Å²) in [6.07, 6.45) is 0. The summed E-state index contributed by atoms with van der Waals surface area (Å²) in [5.41, 5.74) is 0. The normalized spacial score (nSPS) is 0. The van der Waals surface area contributed by atoms with Gasteiger partial charge in [-0.2, -0.15) is 0 Å². The van der Waals surface area contributed by atoms with E-state index in [1.54, 1.807) is 0 Å². The van der Waals surface area contributed by atoms with E-state index in [0.717, 1.165) is 0 Å². The van der Waals surface area contributed by atoms with Crippen molar-refractivity contribution in [1.29, 1.82) is 0 Å². The van der Waals surface area contributed by atoms with Crippen molar-refractivity contribution < 1.29 is 33.9 Å². The summed E-state index contributed by atoms with van der Waals surface area (Å²) in [6, 6.07) is 0. The van der Waals surface area contributed by atoms with Crippen molar-refractivity contribution in [3.8, 4) is 0 Å². The molecule has 0 unspecified atom stereocenters. The van der Waals surface area contributed by atoms with Crippen molar-refractivity contribution in [3.05, 3.63) is 7.43 Å². The smallest absolute Gasteiger partial charge is 0 e. The maximum absolute atomic E-state index is 0. The minimum Gasteiger partial charge on any atom is 0 e. The van der Waals surface area contributed by atoms with Gasteiger partial charge >= 0.3 is 0 Å². The van der Waals surface area contributed by atoms with Gasteiger partial charge in [0.1, 0.15) is 0 Å². The molecule has 0 saturated heterocycles. The second kappa shape index (κ2) is 36.6. The minimum absolute atomic E-state index is 0. The maximum Gasteiger partial charge on any atom is 0 e. The number of hydrogen-bond donors (Lipinski definition) is 0. The monoisotopic (exact) mass is 136 g/mol. The van der Waals surface area contributed by atoms with Gasteiger partial charge in [0.15, 0.2) is 0 Å². The first-order valence-corrected chi connectivity index (χ1v) is 0. The Labute approximate surface area is 47.8 Å². The van der Waals surface area contributed by atoms with Gasteiger partial charge in [-0.3, -0.25) is 0 Å². The third kappa shape index (κ3) is 12.1. The maximum atomic E-state index is 0. The van der Waals surface area contributed by atoms with Gasteiger partial charge in [-0.25, -0.2) is 0 Å². The zero-order chi connectivity index (χ0) is 0. The molecule has 4 heavy (non-hydrogen) atoms. The summed E-state index contributed by atoms with van der Waals surface area (Å²) in [5.74, 6) is 0. The van der Waals surface area contributed by atoms with Crippen molar-refractivity contribution in [1.82, 2.24) is 6.15 Å². The first-order valence-electron chi connectivity index (χ1n) is 0. The summed E-state index contributed by atoms with van der Waals surface area (Å²) in [7, 11) is 0. The van der Waals surface area contributed by atoms with Gasteiger partial charge in [0, 0.05) is 47.4 Å². The van der Waals surface area contributed by atoms with Crippen LogP contribution in [0.4, 0.5) is 0 Å². The van der Waals surface area contributed by atoms with E-state index in [0.29, 0.717) is 0 Å². The molecule has 25 valence electrons. The van der Waals surface area contributed by atoms with Crippen LogP contribution in [0.1, 0.15) is 0 Å². The van der Waals surface area contributed by atoms with E-state index in [-0.39, 0.29) is 47.4 Å². The van der Waals surface area contributed by atoms with E-state index in [1.165, 1.54) is 0 Å². The van der Waals surface area contributed by atoms with Gasteiger partial charge in [0.2, 0.25) is 0 Å². The van der Waals surface area contributed by atoms with Crippen molar-refractivity contribution in [2.45, 2.75) is 0 Å². The van der Waals surface area contributed by atoms with E-state index in [1.807, 2.05) is 0 Å². The quantitative estimate of drug-likeness (QED) is 0.406. The predicted molar refractivity (Wildman–Crippen MR) is 5.38 cm³/mol. The molecule has 0 aliphatic rings. The molecule has 0 fully saturated rings. The molecule has 0 heterocycles. The standard InChI is InChI=1S/C.Cr.N.Ni. The fourth-order valence-electron chi connectivity index (χ4n) is 0. The molecular formula is CCrNNi. The molecule has 0 aromatic carbocycles. The van der Waals surface area contributed by atoms with E-state index in [2.05, 4.69) is 0 Å². The fraction of sp³-hybridized carbons (Fsp3) is 0. The third-order valence-electron chi connectivity index (χ3n) is 0. The van der Waals surface area contributed by atoms with Crippen molar-refractivity contribution >= 4 is 0 Å². The molecule has 0 aliphatic carbocycles. The minimum atomic E-state index is 0. The van der Waals surface area contributed by atoms with E-state index in [4.69, 9.17) is 0 Å². The van der Waals surface area contributed by atoms with Crippen molar-refractivity contribution in [2.75, 3.05) is 0 Å². The van der Waals surface area contributed by atoms with Crippen LogP contribution in [-0.4, -0.2) is 0 Å². The van der Waals surface area contributed by atoms with Crippen LogP contribution in [0.3, 0.4) is 0 Å². The Bertz CT molecular complexity index is 8.00. The van der Waals surface area contributed by atoms with Gasteiger partial charge < -0.3 is 0 Å². The number of nitrogens with zero attached hydrogens (tertiary/aromatic N) is 1. The molecule has 7 radical (unpaired) electrons. The molecule has 3 heteroatoms. The van der Waals surface area contributed by atoms with E-state index in [9.17, 15) is 0 Å². The molecule has 0 rings (SSSR count). The molecule has 0 aliphatic heterocycles. The van der Waals surface area contributed by atoms with Crippen LogP contribution in [0.2, 0.25) is 0 Å². The van der Waals surface area contributed by atoms with Gasteiger partial charge in [0.05, 0.1) is 0 Å². The largest absolute Gasteiger partial charge is 0 e. The molecular weight excluding hydrogens is 137 g/mol. The van der Waals surface area contributed by atoms with E-state index < -0.39 is 0 Å². The third-order valence-corrected chi connectivity index (χ3v) is 0. The molecule has 0 atom stereocenters. The Balaban J connectivity index is 0. The number of hydrogen-bond acceptors (Lipinski definition) is 0. The van der Waals surface area contributed by atoms with Gasteiger partial charge in [-0.15, -0.1) is 0 Å². The zero-order valence-electron chi connectivity index (χ0n) is 1.67.